The van der Waals surface area contributed by atoms with E-state index in [1.54, 1.807) is 32.0 Å². The molecular formula is C27H24ClF2N5O3. The lowest BCUT2D eigenvalue weighted by Crippen LogP contribution is -2.57. The van der Waals surface area contributed by atoms with Crippen molar-refractivity contribution < 1.29 is 23.1 Å². The smallest absolute Gasteiger partial charge is 0.312 e. The number of pyridine rings is 1. The first kappa shape index (κ1) is 25.6. The lowest BCUT2D eigenvalue weighted by Gasteiger charge is -2.36. The first-order chi connectivity index (χ1) is 18.1. The number of piperazine rings is 1. The number of para-hydroxylation sites is 1. The first-order valence-electron chi connectivity index (χ1n) is 12.0. The molecule has 2 amide bonds. The molecule has 0 unspecified atom stereocenters. The predicted molar refractivity (Wildman–Crippen MR) is 137 cm³/mol. The SMILES string of the molecule is Cc1cc(-n2cc(F)cn2)c2cccc(OCc3c(Cl)cc(F)cc3[C@H](C)N3C[C@@H](C)NC(=O)C3=O)c2n1. The largest absolute Gasteiger partial charge is 0.487 e. The topological polar surface area (TPSA) is 89.4 Å². The van der Waals surface area contributed by atoms with Gasteiger partial charge in [-0.1, -0.05) is 23.7 Å². The lowest BCUT2D eigenvalue weighted by molar-refractivity contribution is -0.151. The number of hydrogen-bond donors (Lipinski definition) is 1. The van der Waals surface area contributed by atoms with Crippen LogP contribution in [0.1, 0.15) is 36.7 Å². The van der Waals surface area contributed by atoms with E-state index in [0.717, 1.165) is 6.20 Å². The molecule has 0 aliphatic carbocycles. The molecule has 196 valence electrons. The van der Waals surface area contributed by atoms with E-state index in [1.807, 2.05) is 13.0 Å². The van der Waals surface area contributed by atoms with E-state index in [4.69, 9.17) is 16.3 Å². The summed E-state index contributed by atoms with van der Waals surface area (Å²) in [5.41, 5.74) is 2.74. The maximum atomic E-state index is 14.5. The normalized spacial score (nSPS) is 16.6. The van der Waals surface area contributed by atoms with Crippen molar-refractivity contribution >= 4 is 34.3 Å². The number of amides is 2. The molecule has 2 aromatic heterocycles. The van der Waals surface area contributed by atoms with Crippen LogP contribution in [0.2, 0.25) is 5.02 Å². The summed E-state index contributed by atoms with van der Waals surface area (Å²) in [4.78, 5) is 30.7. The van der Waals surface area contributed by atoms with Crippen molar-refractivity contribution in [2.75, 3.05) is 6.54 Å². The van der Waals surface area contributed by atoms with Gasteiger partial charge in [0.05, 0.1) is 29.1 Å². The molecule has 0 saturated carbocycles. The Balaban J connectivity index is 1.51. The van der Waals surface area contributed by atoms with E-state index in [9.17, 15) is 18.4 Å². The van der Waals surface area contributed by atoms with Gasteiger partial charge in [0.1, 0.15) is 23.7 Å². The van der Waals surface area contributed by atoms with Crippen LogP contribution in [0.15, 0.2) is 48.8 Å². The number of carbonyl (C=O) groups is 2. The summed E-state index contributed by atoms with van der Waals surface area (Å²) < 4.78 is 35.7. The first-order valence-corrected chi connectivity index (χ1v) is 12.3. The van der Waals surface area contributed by atoms with Crippen molar-refractivity contribution in [3.8, 4) is 11.4 Å². The average molecular weight is 540 g/mol. The Morgan fingerprint density at radius 1 is 1.21 bits per heavy atom. The van der Waals surface area contributed by atoms with Gasteiger partial charge < -0.3 is 15.0 Å². The van der Waals surface area contributed by atoms with Gasteiger partial charge in [0.15, 0.2) is 5.82 Å². The van der Waals surface area contributed by atoms with Crippen LogP contribution >= 0.6 is 11.6 Å². The fourth-order valence-electron chi connectivity index (χ4n) is 4.71. The number of hydrogen-bond acceptors (Lipinski definition) is 5. The van der Waals surface area contributed by atoms with Gasteiger partial charge in [0, 0.05) is 29.2 Å². The third-order valence-electron chi connectivity index (χ3n) is 6.49. The molecule has 1 N–H and O–H groups in total. The third kappa shape index (κ3) is 4.79. The number of aryl methyl sites for hydroxylation is 1. The minimum Gasteiger partial charge on any atom is -0.487 e. The average Bonchev–Trinajstić information content (AvgIpc) is 3.30. The molecule has 3 heterocycles. The molecule has 1 fully saturated rings. The van der Waals surface area contributed by atoms with Gasteiger partial charge >= 0.3 is 11.8 Å². The second-order valence-electron chi connectivity index (χ2n) is 9.29. The molecular weight excluding hydrogens is 516 g/mol. The number of ether oxygens (including phenoxy) is 1. The Bertz CT molecular complexity index is 1570. The number of rotatable bonds is 6. The minimum absolute atomic E-state index is 0.0525. The monoisotopic (exact) mass is 539 g/mol. The second kappa shape index (κ2) is 10.0. The van der Waals surface area contributed by atoms with Gasteiger partial charge in [-0.05, 0) is 50.6 Å². The summed E-state index contributed by atoms with van der Waals surface area (Å²) in [5.74, 6) is -2.01. The van der Waals surface area contributed by atoms with Crippen LogP contribution in [-0.2, 0) is 16.2 Å². The zero-order chi connectivity index (χ0) is 27.1. The van der Waals surface area contributed by atoms with Gasteiger partial charge in [0.25, 0.3) is 0 Å². The highest BCUT2D eigenvalue weighted by Crippen LogP contribution is 2.34. The Morgan fingerprint density at radius 3 is 2.74 bits per heavy atom. The molecule has 1 aliphatic heterocycles. The maximum absolute atomic E-state index is 14.5. The maximum Gasteiger partial charge on any atom is 0.312 e. The number of fused-ring (bicyclic) bond motifs is 1. The molecule has 0 spiro atoms. The molecule has 11 heteroatoms. The van der Waals surface area contributed by atoms with Crippen LogP contribution in [0, 0.1) is 18.6 Å². The summed E-state index contributed by atoms with van der Waals surface area (Å²) in [7, 11) is 0. The number of carbonyl (C=O) groups excluding carboxylic acids is 2. The van der Waals surface area contributed by atoms with Gasteiger partial charge in [-0.15, -0.1) is 0 Å². The molecule has 2 aromatic carbocycles. The van der Waals surface area contributed by atoms with E-state index in [0.29, 0.717) is 39.2 Å². The molecule has 4 aromatic rings. The fourth-order valence-corrected chi connectivity index (χ4v) is 4.97. The highest BCUT2D eigenvalue weighted by molar-refractivity contribution is 6.35. The summed E-state index contributed by atoms with van der Waals surface area (Å²) in [5, 5.41) is 7.49. The van der Waals surface area contributed by atoms with Gasteiger partial charge in [-0.3, -0.25) is 9.59 Å². The van der Waals surface area contributed by atoms with Crippen LogP contribution in [0.3, 0.4) is 0 Å². The zero-order valence-corrected chi connectivity index (χ0v) is 21.6. The highest BCUT2D eigenvalue weighted by Gasteiger charge is 2.35. The van der Waals surface area contributed by atoms with Crippen LogP contribution in [-0.4, -0.2) is 44.1 Å². The Hall–Kier alpha value is -4.05. The molecule has 0 bridgehead atoms. The van der Waals surface area contributed by atoms with Crippen molar-refractivity contribution in [1.29, 1.82) is 0 Å². The van der Waals surface area contributed by atoms with Crippen molar-refractivity contribution in [3.05, 3.63) is 82.3 Å². The lowest BCUT2D eigenvalue weighted by atomic mass is 9.98. The van der Waals surface area contributed by atoms with E-state index in [1.165, 1.54) is 27.9 Å². The number of aromatic nitrogens is 3. The second-order valence-corrected chi connectivity index (χ2v) is 9.70. The summed E-state index contributed by atoms with van der Waals surface area (Å²) >= 11 is 6.46. The minimum atomic E-state index is -0.707. The van der Waals surface area contributed by atoms with Crippen molar-refractivity contribution in [3.63, 3.8) is 0 Å². The third-order valence-corrected chi connectivity index (χ3v) is 6.83. The van der Waals surface area contributed by atoms with Gasteiger partial charge in [-0.25, -0.2) is 18.4 Å². The van der Waals surface area contributed by atoms with Crippen LogP contribution in [0.5, 0.6) is 5.75 Å². The fraction of sp³-hybridized carbons (Fsp3) is 0.259. The van der Waals surface area contributed by atoms with E-state index >= 15 is 0 Å². The van der Waals surface area contributed by atoms with E-state index < -0.39 is 29.5 Å². The molecule has 1 saturated heterocycles. The van der Waals surface area contributed by atoms with E-state index in [2.05, 4.69) is 15.4 Å². The summed E-state index contributed by atoms with van der Waals surface area (Å²) in [6, 6.07) is 8.72. The molecule has 38 heavy (non-hydrogen) atoms. The van der Waals surface area contributed by atoms with Crippen molar-refractivity contribution in [2.45, 2.75) is 39.5 Å². The van der Waals surface area contributed by atoms with Gasteiger partial charge in [0.2, 0.25) is 0 Å². The molecule has 1 aliphatic rings. The van der Waals surface area contributed by atoms with Crippen molar-refractivity contribution in [1.82, 2.24) is 25.0 Å². The molecule has 0 radical (unpaired) electrons. The Kier molecular flexibility index (Phi) is 6.75. The van der Waals surface area contributed by atoms with Crippen LogP contribution < -0.4 is 10.1 Å². The highest BCUT2D eigenvalue weighted by atomic mass is 35.5. The van der Waals surface area contributed by atoms with E-state index in [-0.39, 0.29) is 24.2 Å². The quantitative estimate of drug-likeness (QED) is 0.360. The Morgan fingerprint density at radius 2 is 2.00 bits per heavy atom. The Labute approximate surface area is 222 Å². The number of benzene rings is 2. The van der Waals surface area contributed by atoms with Crippen molar-refractivity contribution in [2.24, 2.45) is 0 Å². The molecule has 5 rings (SSSR count). The van der Waals surface area contributed by atoms with Gasteiger partial charge in [-0.2, -0.15) is 5.10 Å². The number of nitrogens with zero attached hydrogens (tertiary/aromatic N) is 4. The number of nitrogens with one attached hydrogen (secondary N) is 1. The predicted octanol–water partition coefficient (Wildman–Crippen LogP) is 4.65. The van der Waals surface area contributed by atoms with Crippen LogP contribution in [0.4, 0.5) is 8.78 Å². The standard InChI is InChI=1S/C27H24ClF2N5O3/c1-14-7-23(35-12-18(30)10-31-35)19-5-4-6-24(25(19)32-14)38-13-21-20(8-17(29)9-22(21)28)16(3)34-11-15(2)33-26(36)27(34)37/h4-10,12,15-16H,11,13H2,1-3H3,(H,33,36)/t15-,16+/m1/s1. The molecule has 8 nitrogen and oxygen atoms in total. The molecule has 2 atom stereocenters. The number of halogens is 3. The summed E-state index contributed by atoms with van der Waals surface area (Å²) in [6.45, 7) is 5.53. The zero-order valence-electron chi connectivity index (χ0n) is 20.8. The van der Waals surface area contributed by atoms with Crippen LogP contribution in [0.25, 0.3) is 16.6 Å². The summed E-state index contributed by atoms with van der Waals surface area (Å²) in [6.07, 6.45) is 2.40.